The van der Waals surface area contributed by atoms with Crippen LogP contribution < -0.4 is 4.90 Å². The number of hydrogen-bond donors (Lipinski definition) is 0. The monoisotopic (exact) mass is 304 g/mol. The van der Waals surface area contributed by atoms with Crippen LogP contribution in [0, 0.1) is 20.8 Å². The van der Waals surface area contributed by atoms with Crippen LogP contribution in [-0.2, 0) is 20.6 Å². The van der Waals surface area contributed by atoms with Crippen LogP contribution in [0.2, 0.25) is 0 Å². The normalized spacial score (nSPS) is 11.5. The van der Waals surface area contributed by atoms with Crippen molar-refractivity contribution in [1.29, 1.82) is 0 Å². The molecule has 6 nitrogen and oxygen atoms in total. The Balaban J connectivity index is 1.93. The highest BCUT2D eigenvalue weighted by Crippen LogP contribution is 2.31. The standard InChI is InChI=1S/C14H20N6S/c1-8-11(10(3)19(5)16-8)7-18(4)14-15-13-12(21-14)9(2)17-20(13)6/h7H2,1-6H3. The van der Waals surface area contributed by atoms with E-state index in [1.54, 1.807) is 11.3 Å². The molecule has 3 aromatic heterocycles. The first kappa shape index (κ1) is 14.1. The summed E-state index contributed by atoms with van der Waals surface area (Å²) < 4.78 is 4.95. The fourth-order valence-corrected chi connectivity index (χ4v) is 3.58. The lowest BCUT2D eigenvalue weighted by Gasteiger charge is -2.15. The molecule has 0 atom stereocenters. The van der Waals surface area contributed by atoms with Crippen molar-refractivity contribution in [3.05, 3.63) is 22.6 Å². The molecular formula is C14H20N6S. The summed E-state index contributed by atoms with van der Waals surface area (Å²) in [5.41, 5.74) is 5.56. The van der Waals surface area contributed by atoms with E-state index in [2.05, 4.69) is 36.0 Å². The maximum Gasteiger partial charge on any atom is 0.188 e. The second-order valence-electron chi connectivity index (χ2n) is 5.49. The van der Waals surface area contributed by atoms with Gasteiger partial charge in [-0.2, -0.15) is 10.2 Å². The number of aromatic nitrogens is 5. The maximum absolute atomic E-state index is 4.71. The van der Waals surface area contributed by atoms with E-state index in [0.29, 0.717) is 0 Å². The molecule has 0 N–H and O–H groups in total. The first-order chi connectivity index (χ1) is 9.88. The van der Waals surface area contributed by atoms with Gasteiger partial charge in [-0.1, -0.05) is 11.3 Å². The number of aryl methyl sites for hydroxylation is 4. The van der Waals surface area contributed by atoms with Crippen LogP contribution >= 0.6 is 11.3 Å². The summed E-state index contributed by atoms with van der Waals surface area (Å²) in [5, 5.41) is 9.89. The summed E-state index contributed by atoms with van der Waals surface area (Å²) >= 11 is 1.69. The Hall–Kier alpha value is -1.89. The number of hydrogen-bond acceptors (Lipinski definition) is 5. The molecule has 3 aromatic rings. The van der Waals surface area contributed by atoms with E-state index in [4.69, 9.17) is 4.98 Å². The maximum atomic E-state index is 4.71. The lowest BCUT2D eigenvalue weighted by molar-refractivity contribution is 0.729. The van der Waals surface area contributed by atoms with Gasteiger partial charge in [-0.15, -0.1) is 0 Å². The molecule has 0 spiro atoms. The summed E-state index contributed by atoms with van der Waals surface area (Å²) in [4.78, 5) is 6.89. The van der Waals surface area contributed by atoms with Gasteiger partial charge in [-0.3, -0.25) is 4.68 Å². The lowest BCUT2D eigenvalue weighted by Crippen LogP contribution is -2.17. The third-order valence-corrected chi connectivity index (χ3v) is 5.18. The second kappa shape index (κ2) is 4.84. The van der Waals surface area contributed by atoms with Gasteiger partial charge in [0, 0.05) is 38.9 Å². The molecule has 0 fully saturated rings. The molecular weight excluding hydrogens is 284 g/mol. The van der Waals surface area contributed by atoms with Crippen LogP contribution in [0.3, 0.4) is 0 Å². The van der Waals surface area contributed by atoms with Crippen molar-refractivity contribution in [2.24, 2.45) is 14.1 Å². The van der Waals surface area contributed by atoms with Gasteiger partial charge in [-0.05, 0) is 20.8 Å². The topological polar surface area (TPSA) is 51.8 Å². The summed E-state index contributed by atoms with van der Waals surface area (Å²) in [7, 11) is 6.00. The van der Waals surface area contributed by atoms with E-state index < -0.39 is 0 Å². The van der Waals surface area contributed by atoms with Crippen molar-refractivity contribution in [3.63, 3.8) is 0 Å². The Morgan fingerprint density at radius 2 is 1.71 bits per heavy atom. The zero-order valence-electron chi connectivity index (χ0n) is 13.3. The molecule has 3 rings (SSSR count). The van der Waals surface area contributed by atoms with Gasteiger partial charge in [0.25, 0.3) is 0 Å². The molecule has 7 heteroatoms. The molecule has 0 aliphatic carbocycles. The van der Waals surface area contributed by atoms with Crippen LogP contribution in [0.1, 0.15) is 22.6 Å². The Morgan fingerprint density at radius 3 is 2.29 bits per heavy atom. The fraction of sp³-hybridized carbons (Fsp3) is 0.500. The first-order valence-electron chi connectivity index (χ1n) is 6.88. The van der Waals surface area contributed by atoms with Gasteiger partial charge in [0.05, 0.1) is 16.1 Å². The van der Waals surface area contributed by atoms with Crippen molar-refractivity contribution in [3.8, 4) is 0 Å². The minimum Gasteiger partial charge on any atom is -0.347 e. The number of anilines is 1. The van der Waals surface area contributed by atoms with E-state index in [9.17, 15) is 0 Å². The average Bonchev–Trinajstić information content (AvgIpc) is 3.03. The number of rotatable bonds is 3. The predicted octanol–water partition coefficient (Wildman–Crippen LogP) is 2.32. The third kappa shape index (κ3) is 2.21. The van der Waals surface area contributed by atoms with Crippen LogP contribution in [0.4, 0.5) is 5.13 Å². The SMILES string of the molecule is Cc1nn(C)c(C)c1CN(C)c1nc2c(s1)c(C)nn2C. The highest BCUT2D eigenvalue weighted by atomic mass is 32.1. The van der Waals surface area contributed by atoms with Crippen molar-refractivity contribution >= 4 is 26.8 Å². The van der Waals surface area contributed by atoms with E-state index in [-0.39, 0.29) is 0 Å². The van der Waals surface area contributed by atoms with Crippen molar-refractivity contribution in [2.45, 2.75) is 27.3 Å². The minimum absolute atomic E-state index is 0.817. The summed E-state index contributed by atoms with van der Waals surface area (Å²) in [6.07, 6.45) is 0. The molecule has 112 valence electrons. The van der Waals surface area contributed by atoms with Crippen molar-refractivity contribution in [1.82, 2.24) is 24.5 Å². The summed E-state index contributed by atoms with van der Waals surface area (Å²) in [5.74, 6) is 0. The summed E-state index contributed by atoms with van der Waals surface area (Å²) in [6.45, 7) is 7.01. The highest BCUT2D eigenvalue weighted by molar-refractivity contribution is 7.22. The van der Waals surface area contributed by atoms with Gasteiger partial charge < -0.3 is 4.90 Å². The van der Waals surface area contributed by atoms with Crippen LogP contribution in [-0.4, -0.2) is 31.6 Å². The van der Waals surface area contributed by atoms with E-state index >= 15 is 0 Å². The molecule has 0 bridgehead atoms. The van der Waals surface area contributed by atoms with E-state index in [0.717, 1.165) is 28.7 Å². The van der Waals surface area contributed by atoms with Crippen LogP contribution in [0.25, 0.3) is 10.3 Å². The van der Waals surface area contributed by atoms with Gasteiger partial charge in [-0.25, -0.2) is 9.67 Å². The molecule has 0 saturated heterocycles. The predicted molar refractivity (Wildman–Crippen MR) is 85.9 cm³/mol. The lowest BCUT2D eigenvalue weighted by atomic mass is 10.2. The molecule has 0 amide bonds. The van der Waals surface area contributed by atoms with Gasteiger partial charge in [0.1, 0.15) is 0 Å². The Bertz CT molecular complexity index is 775. The smallest absolute Gasteiger partial charge is 0.188 e. The van der Waals surface area contributed by atoms with Crippen molar-refractivity contribution in [2.75, 3.05) is 11.9 Å². The minimum atomic E-state index is 0.817. The molecule has 0 aliphatic rings. The largest absolute Gasteiger partial charge is 0.347 e. The number of nitrogens with zero attached hydrogens (tertiary/aromatic N) is 6. The Labute approximate surface area is 128 Å². The van der Waals surface area contributed by atoms with Crippen molar-refractivity contribution < 1.29 is 0 Å². The van der Waals surface area contributed by atoms with Crippen LogP contribution in [0.15, 0.2) is 0 Å². The molecule has 21 heavy (non-hydrogen) atoms. The second-order valence-corrected chi connectivity index (χ2v) is 6.46. The van der Waals surface area contributed by atoms with Crippen LogP contribution in [0.5, 0.6) is 0 Å². The van der Waals surface area contributed by atoms with E-state index in [1.165, 1.54) is 16.0 Å². The molecule has 3 heterocycles. The van der Waals surface area contributed by atoms with Gasteiger partial charge in [0.2, 0.25) is 0 Å². The average molecular weight is 304 g/mol. The molecule has 0 saturated carbocycles. The Kier molecular flexibility index (Phi) is 3.24. The third-order valence-electron chi connectivity index (χ3n) is 3.91. The zero-order valence-corrected chi connectivity index (χ0v) is 14.1. The molecule has 0 radical (unpaired) electrons. The number of thiazole rings is 1. The quantitative estimate of drug-likeness (QED) is 0.745. The fourth-order valence-electron chi connectivity index (χ4n) is 2.59. The number of fused-ring (bicyclic) bond motifs is 1. The highest BCUT2D eigenvalue weighted by Gasteiger charge is 2.17. The Morgan fingerprint density at radius 1 is 1.05 bits per heavy atom. The molecule has 0 unspecified atom stereocenters. The first-order valence-corrected chi connectivity index (χ1v) is 7.70. The molecule has 0 aromatic carbocycles. The summed E-state index contributed by atoms with van der Waals surface area (Å²) in [6, 6.07) is 0. The zero-order chi connectivity index (χ0) is 15.3. The van der Waals surface area contributed by atoms with Gasteiger partial charge in [0.15, 0.2) is 10.8 Å². The van der Waals surface area contributed by atoms with E-state index in [1.807, 2.05) is 30.4 Å². The molecule has 0 aliphatic heterocycles. The van der Waals surface area contributed by atoms with Gasteiger partial charge >= 0.3 is 0 Å².